The molecule has 0 heterocycles. The SMILES string of the molecule is CNCCC(C)CO.Cl. The zero-order valence-corrected chi connectivity index (χ0v) is 6.87. The van der Waals surface area contributed by atoms with Crippen molar-refractivity contribution in [1.82, 2.24) is 5.32 Å². The third-order valence-corrected chi connectivity index (χ3v) is 1.20. The van der Waals surface area contributed by atoms with Gasteiger partial charge in [-0.2, -0.15) is 0 Å². The van der Waals surface area contributed by atoms with E-state index >= 15 is 0 Å². The minimum absolute atomic E-state index is 0. The van der Waals surface area contributed by atoms with E-state index in [1.807, 2.05) is 14.0 Å². The first-order chi connectivity index (χ1) is 3.81. The first-order valence-corrected chi connectivity index (χ1v) is 3.06. The molecule has 2 nitrogen and oxygen atoms in total. The van der Waals surface area contributed by atoms with E-state index in [0.717, 1.165) is 13.0 Å². The molecule has 2 N–H and O–H groups in total. The van der Waals surface area contributed by atoms with E-state index in [-0.39, 0.29) is 12.4 Å². The normalized spacial score (nSPS) is 12.3. The second-order valence-corrected chi connectivity index (χ2v) is 2.18. The lowest BCUT2D eigenvalue weighted by atomic mass is 10.1. The lowest BCUT2D eigenvalue weighted by Crippen LogP contribution is -2.13. The first kappa shape index (κ1) is 11.9. The van der Waals surface area contributed by atoms with Gasteiger partial charge in [0.15, 0.2) is 0 Å². The fourth-order valence-corrected chi connectivity index (χ4v) is 0.482. The first-order valence-electron chi connectivity index (χ1n) is 3.06. The maximum absolute atomic E-state index is 8.53. The molecule has 0 spiro atoms. The summed E-state index contributed by atoms with van der Waals surface area (Å²) in [5.74, 6) is 0.447. The fraction of sp³-hybridized carbons (Fsp3) is 1.00. The van der Waals surface area contributed by atoms with Gasteiger partial charge in [-0.25, -0.2) is 0 Å². The zero-order valence-electron chi connectivity index (χ0n) is 6.05. The van der Waals surface area contributed by atoms with Crippen molar-refractivity contribution >= 4 is 12.4 Å². The summed E-state index contributed by atoms with van der Waals surface area (Å²) in [6.45, 7) is 3.35. The molecule has 9 heavy (non-hydrogen) atoms. The number of aliphatic hydroxyl groups is 1. The average molecular weight is 154 g/mol. The highest BCUT2D eigenvalue weighted by atomic mass is 35.5. The van der Waals surface area contributed by atoms with Crippen molar-refractivity contribution in [2.45, 2.75) is 13.3 Å². The Balaban J connectivity index is 0. The molecule has 0 aliphatic carbocycles. The van der Waals surface area contributed by atoms with Gasteiger partial charge >= 0.3 is 0 Å². The number of hydrogen-bond acceptors (Lipinski definition) is 2. The van der Waals surface area contributed by atoms with Gasteiger partial charge in [-0.15, -0.1) is 12.4 Å². The smallest absolute Gasteiger partial charge is 0.0457 e. The van der Waals surface area contributed by atoms with Gasteiger partial charge < -0.3 is 10.4 Å². The van der Waals surface area contributed by atoms with E-state index in [4.69, 9.17) is 5.11 Å². The molecule has 0 fully saturated rings. The number of hydrogen-bond donors (Lipinski definition) is 2. The largest absolute Gasteiger partial charge is 0.396 e. The van der Waals surface area contributed by atoms with Crippen LogP contribution in [0, 0.1) is 5.92 Å². The van der Waals surface area contributed by atoms with E-state index in [1.165, 1.54) is 0 Å². The van der Waals surface area contributed by atoms with Gasteiger partial charge in [0.25, 0.3) is 0 Å². The number of aliphatic hydroxyl groups excluding tert-OH is 1. The van der Waals surface area contributed by atoms with Gasteiger partial charge in [-0.05, 0) is 25.9 Å². The molecule has 0 rings (SSSR count). The minimum Gasteiger partial charge on any atom is -0.396 e. The summed E-state index contributed by atoms with van der Waals surface area (Å²) in [6, 6.07) is 0. The molecule has 58 valence electrons. The number of rotatable bonds is 4. The second kappa shape index (κ2) is 8.21. The van der Waals surface area contributed by atoms with Gasteiger partial charge in [0.2, 0.25) is 0 Å². The van der Waals surface area contributed by atoms with Gasteiger partial charge in [0.05, 0.1) is 0 Å². The third-order valence-electron chi connectivity index (χ3n) is 1.20. The van der Waals surface area contributed by atoms with Crippen LogP contribution in [0.25, 0.3) is 0 Å². The molecule has 1 atom stereocenters. The van der Waals surface area contributed by atoms with E-state index in [2.05, 4.69) is 5.32 Å². The highest BCUT2D eigenvalue weighted by molar-refractivity contribution is 5.85. The van der Waals surface area contributed by atoms with Crippen LogP contribution in [0.4, 0.5) is 0 Å². The monoisotopic (exact) mass is 153 g/mol. The molecule has 0 aromatic heterocycles. The molecule has 0 amide bonds. The van der Waals surface area contributed by atoms with E-state index in [9.17, 15) is 0 Å². The van der Waals surface area contributed by atoms with E-state index in [0.29, 0.717) is 12.5 Å². The summed E-state index contributed by atoms with van der Waals surface area (Å²) in [7, 11) is 1.92. The summed E-state index contributed by atoms with van der Waals surface area (Å²) in [5, 5.41) is 11.6. The highest BCUT2D eigenvalue weighted by Crippen LogP contribution is 1.96. The van der Waals surface area contributed by atoms with Crippen molar-refractivity contribution in [3.05, 3.63) is 0 Å². The van der Waals surface area contributed by atoms with Crippen molar-refractivity contribution in [2.75, 3.05) is 20.2 Å². The lowest BCUT2D eigenvalue weighted by molar-refractivity contribution is 0.230. The molecule has 1 unspecified atom stereocenters. The van der Waals surface area contributed by atoms with E-state index in [1.54, 1.807) is 0 Å². The second-order valence-electron chi connectivity index (χ2n) is 2.18. The third kappa shape index (κ3) is 8.21. The van der Waals surface area contributed by atoms with Gasteiger partial charge in [-0.1, -0.05) is 6.92 Å². The van der Waals surface area contributed by atoms with Gasteiger partial charge in [0.1, 0.15) is 0 Å². The van der Waals surface area contributed by atoms with E-state index < -0.39 is 0 Å². The van der Waals surface area contributed by atoms with Crippen LogP contribution in [-0.4, -0.2) is 25.3 Å². The predicted octanol–water partition coefficient (Wildman–Crippen LogP) is 0.646. The summed E-state index contributed by atoms with van der Waals surface area (Å²) >= 11 is 0. The average Bonchev–Trinajstić information content (AvgIpc) is 1.83. The Morgan fingerprint density at radius 1 is 1.56 bits per heavy atom. The van der Waals surface area contributed by atoms with Crippen LogP contribution < -0.4 is 5.32 Å². The molecular weight excluding hydrogens is 138 g/mol. The summed E-state index contributed by atoms with van der Waals surface area (Å²) < 4.78 is 0. The molecular formula is C6H16ClNO. The minimum atomic E-state index is 0. The van der Waals surface area contributed by atoms with Gasteiger partial charge in [0, 0.05) is 6.61 Å². The standard InChI is InChI=1S/C6H15NO.ClH/c1-6(5-8)3-4-7-2;/h6-8H,3-5H2,1-2H3;1H. The van der Waals surface area contributed by atoms with Crippen molar-refractivity contribution in [1.29, 1.82) is 0 Å². The molecule has 3 heteroatoms. The Hall–Kier alpha value is 0.210. The van der Waals surface area contributed by atoms with Crippen LogP contribution in [0.15, 0.2) is 0 Å². The molecule has 0 aromatic carbocycles. The Labute approximate surface area is 63.1 Å². The van der Waals surface area contributed by atoms with Crippen LogP contribution in [0.5, 0.6) is 0 Å². The molecule has 0 bridgehead atoms. The molecule has 0 radical (unpaired) electrons. The zero-order chi connectivity index (χ0) is 6.41. The quantitative estimate of drug-likeness (QED) is 0.622. The predicted molar refractivity (Wildman–Crippen MR) is 42.0 cm³/mol. The van der Waals surface area contributed by atoms with Crippen molar-refractivity contribution in [3.8, 4) is 0 Å². The molecule has 0 aliphatic rings. The van der Waals surface area contributed by atoms with Gasteiger partial charge in [-0.3, -0.25) is 0 Å². The van der Waals surface area contributed by atoms with Crippen molar-refractivity contribution < 1.29 is 5.11 Å². The Morgan fingerprint density at radius 3 is 2.44 bits per heavy atom. The Morgan fingerprint density at radius 2 is 2.11 bits per heavy atom. The highest BCUT2D eigenvalue weighted by Gasteiger charge is 1.95. The maximum atomic E-state index is 8.53. The molecule has 0 aliphatic heterocycles. The summed E-state index contributed by atoms with van der Waals surface area (Å²) in [4.78, 5) is 0. The van der Waals surface area contributed by atoms with Crippen LogP contribution in [0.1, 0.15) is 13.3 Å². The number of halogens is 1. The van der Waals surface area contributed by atoms with Crippen molar-refractivity contribution in [2.24, 2.45) is 5.92 Å². The number of nitrogens with one attached hydrogen (secondary N) is 1. The molecule has 0 aromatic rings. The summed E-state index contributed by atoms with van der Waals surface area (Å²) in [5.41, 5.74) is 0. The lowest BCUT2D eigenvalue weighted by Gasteiger charge is -2.04. The van der Waals surface area contributed by atoms with Crippen LogP contribution in [-0.2, 0) is 0 Å². The molecule has 0 saturated carbocycles. The van der Waals surface area contributed by atoms with Crippen LogP contribution in [0.3, 0.4) is 0 Å². The fourth-order valence-electron chi connectivity index (χ4n) is 0.482. The topological polar surface area (TPSA) is 32.3 Å². The Kier molecular flexibility index (Phi) is 10.9. The molecule has 0 saturated heterocycles. The Bertz CT molecular complexity index is 52.3. The van der Waals surface area contributed by atoms with Crippen molar-refractivity contribution in [3.63, 3.8) is 0 Å². The maximum Gasteiger partial charge on any atom is 0.0457 e. The van der Waals surface area contributed by atoms with Crippen LogP contribution in [0.2, 0.25) is 0 Å². The summed E-state index contributed by atoms with van der Waals surface area (Å²) in [6.07, 6.45) is 1.06. The van der Waals surface area contributed by atoms with Crippen LogP contribution >= 0.6 is 12.4 Å².